The molecule has 0 amide bonds. The van der Waals surface area contributed by atoms with Gasteiger partial charge in [0.05, 0.1) is 72.2 Å². The molecule has 0 saturated carbocycles. The molecule has 0 spiro atoms. The quantitative estimate of drug-likeness (QED) is 0.152. The summed E-state index contributed by atoms with van der Waals surface area (Å²) in [5.41, 5.74) is 21.6. The zero-order chi connectivity index (χ0) is 54.3. The van der Waals surface area contributed by atoms with Crippen LogP contribution in [0.4, 0.5) is 0 Å². The Morgan fingerprint density at radius 1 is 0.157 bits per heavy atom. The van der Waals surface area contributed by atoms with Crippen molar-refractivity contribution in [2.45, 2.75) is 0 Å². The van der Waals surface area contributed by atoms with Crippen LogP contribution in [-0.2, 0) is 0 Å². The van der Waals surface area contributed by atoms with Crippen LogP contribution in [0.5, 0.6) is 0 Å². The highest BCUT2D eigenvalue weighted by atomic mass is 15.0. The molecule has 0 unspecified atom stereocenters. The fourth-order valence-corrected chi connectivity index (χ4v) is 14.3. The summed E-state index contributed by atoms with van der Waals surface area (Å²) in [4.78, 5) is 0. The van der Waals surface area contributed by atoms with E-state index in [1.54, 1.807) is 0 Å². The van der Waals surface area contributed by atoms with Crippen molar-refractivity contribution >= 4 is 109 Å². The maximum atomic E-state index is 2.55. The topological polar surface area (TPSA) is 24.6 Å². The lowest BCUT2D eigenvalue weighted by atomic mass is 9.93. The van der Waals surface area contributed by atoms with Gasteiger partial charge in [-0.25, -0.2) is 0 Å². The zero-order valence-electron chi connectivity index (χ0n) is 45.0. The second-order valence-electron chi connectivity index (χ2n) is 22.0. The zero-order valence-corrected chi connectivity index (χ0v) is 45.0. The van der Waals surface area contributed by atoms with Crippen LogP contribution < -0.4 is 0 Å². The normalized spacial score (nSPS) is 12.1. The molecule has 0 radical (unpaired) electrons. The number of aromatic nitrogens is 5. The van der Waals surface area contributed by atoms with Gasteiger partial charge in [-0.05, 0) is 91.0 Å². The van der Waals surface area contributed by atoms with Crippen LogP contribution in [0.15, 0.2) is 297 Å². The first-order valence-corrected chi connectivity index (χ1v) is 28.6. The van der Waals surface area contributed by atoms with E-state index in [9.17, 15) is 0 Å². The van der Waals surface area contributed by atoms with Gasteiger partial charge in [0.2, 0.25) is 0 Å². The first kappa shape index (κ1) is 45.7. The summed E-state index contributed by atoms with van der Waals surface area (Å²) >= 11 is 0. The molecule has 0 atom stereocenters. The van der Waals surface area contributed by atoms with E-state index >= 15 is 0 Å². The summed E-state index contributed by atoms with van der Waals surface area (Å²) in [7, 11) is 0. The third-order valence-electron chi connectivity index (χ3n) is 17.7. The number of fused-ring (bicyclic) bond motifs is 15. The van der Waals surface area contributed by atoms with Crippen LogP contribution in [0, 0.1) is 0 Å². The highest BCUT2D eigenvalue weighted by Crippen LogP contribution is 2.48. The van der Waals surface area contributed by atoms with Crippen LogP contribution in [0.3, 0.4) is 0 Å². The lowest BCUT2D eigenvalue weighted by Gasteiger charge is -2.24. The van der Waals surface area contributed by atoms with Gasteiger partial charge in [0.25, 0.3) is 0 Å². The van der Waals surface area contributed by atoms with E-state index in [-0.39, 0.29) is 0 Å². The number of benzene rings is 13. The maximum absolute atomic E-state index is 2.55. The first-order valence-electron chi connectivity index (χ1n) is 28.6. The number of rotatable bonds is 7. The Labute approximate surface area is 477 Å². The minimum Gasteiger partial charge on any atom is -0.309 e. The van der Waals surface area contributed by atoms with Gasteiger partial charge in [-0.3, -0.25) is 0 Å². The minimum absolute atomic E-state index is 1.08. The number of hydrogen-bond donors (Lipinski definition) is 0. The Hall–Kier alpha value is -11.1. The summed E-state index contributed by atoms with van der Waals surface area (Å²) in [5.74, 6) is 0. The molecule has 0 aliphatic rings. The SMILES string of the molecule is c1ccc(-n2c3ccccc3c3ccccc32)c(-c2cccc(-c3ccc(-n4c5ccccc5c5ccccc54)cc3-n3c4ccccc4c4cc(-n5c6ccccc6c6ccccc65)ccc43)c2-n2c3ccccc3c3ccccc32)c1. The molecule has 0 aliphatic heterocycles. The molecule has 83 heavy (non-hydrogen) atoms. The van der Waals surface area contributed by atoms with Gasteiger partial charge in [-0.15, -0.1) is 0 Å². The fourth-order valence-electron chi connectivity index (χ4n) is 14.3. The van der Waals surface area contributed by atoms with Crippen LogP contribution >= 0.6 is 0 Å². The molecule has 0 fully saturated rings. The highest BCUT2D eigenvalue weighted by Gasteiger charge is 2.27. The van der Waals surface area contributed by atoms with Crippen LogP contribution in [0.1, 0.15) is 0 Å². The van der Waals surface area contributed by atoms with E-state index < -0.39 is 0 Å². The standard InChI is InChI=1S/C78H49N5/c1-11-34-66-52(22-1)53-23-2-12-35-67(53)79(66)50-45-47-76-65(48-50)61-31-10-18-41-73(61)82(76)77-49-51(80-68-36-13-3-24-54(68)55-25-4-14-37-69(55)80)44-46-62(77)64-33-21-32-63(78(64)83-74-42-19-7-28-58(74)59-29-8-20-43-75(59)83)60-30-9-17-40-72(60)81-70-38-15-5-26-56(70)57-27-6-16-39-71(57)81/h1-49H. The van der Waals surface area contributed by atoms with Crippen LogP contribution in [0.2, 0.25) is 0 Å². The molecule has 18 rings (SSSR count). The highest BCUT2D eigenvalue weighted by molar-refractivity contribution is 6.16. The largest absolute Gasteiger partial charge is 0.309 e. The summed E-state index contributed by atoms with van der Waals surface area (Å²) < 4.78 is 12.5. The van der Waals surface area contributed by atoms with Crippen LogP contribution in [0.25, 0.3) is 160 Å². The van der Waals surface area contributed by atoms with Gasteiger partial charge in [0.1, 0.15) is 0 Å². The minimum atomic E-state index is 1.08. The molecule has 18 aromatic rings. The van der Waals surface area contributed by atoms with Crippen molar-refractivity contribution in [2.24, 2.45) is 0 Å². The molecular formula is C78H49N5. The van der Waals surface area contributed by atoms with Crippen molar-refractivity contribution in [3.63, 3.8) is 0 Å². The lowest BCUT2D eigenvalue weighted by Crippen LogP contribution is -2.06. The second kappa shape index (κ2) is 17.7. The van der Waals surface area contributed by atoms with Gasteiger partial charge in [0.15, 0.2) is 0 Å². The van der Waals surface area contributed by atoms with Gasteiger partial charge in [-0.2, -0.15) is 0 Å². The molecule has 5 nitrogen and oxygen atoms in total. The molecule has 0 N–H and O–H groups in total. The summed E-state index contributed by atoms with van der Waals surface area (Å²) in [6.45, 7) is 0. The monoisotopic (exact) mass is 1060 g/mol. The van der Waals surface area contributed by atoms with Crippen molar-refractivity contribution in [3.05, 3.63) is 297 Å². The van der Waals surface area contributed by atoms with E-state index in [1.165, 1.54) is 87.0 Å². The van der Waals surface area contributed by atoms with Crippen molar-refractivity contribution in [2.75, 3.05) is 0 Å². The average molecular weight is 1060 g/mol. The van der Waals surface area contributed by atoms with E-state index in [1.807, 2.05) is 0 Å². The van der Waals surface area contributed by atoms with E-state index in [2.05, 4.69) is 320 Å². The third-order valence-corrected chi connectivity index (χ3v) is 17.7. The summed E-state index contributed by atoms with van der Waals surface area (Å²) in [6, 6.07) is 110. The van der Waals surface area contributed by atoms with Gasteiger partial charge >= 0.3 is 0 Å². The van der Waals surface area contributed by atoms with E-state index in [4.69, 9.17) is 0 Å². The number of hydrogen-bond acceptors (Lipinski definition) is 0. The Bertz CT molecular complexity index is 5500. The number of nitrogens with zero attached hydrogens (tertiary/aromatic N) is 5. The number of para-hydroxylation sites is 11. The van der Waals surface area contributed by atoms with Gasteiger partial charge in [0, 0.05) is 87.5 Å². The molecular weight excluding hydrogens is 1010 g/mol. The Kier molecular flexibility index (Phi) is 9.73. The van der Waals surface area contributed by atoms with Crippen LogP contribution in [-0.4, -0.2) is 22.8 Å². The summed E-state index contributed by atoms with van der Waals surface area (Å²) in [5, 5.41) is 12.2. The predicted molar refractivity (Wildman–Crippen MR) is 349 cm³/mol. The maximum Gasteiger partial charge on any atom is 0.0620 e. The van der Waals surface area contributed by atoms with Crippen molar-refractivity contribution in [1.29, 1.82) is 0 Å². The van der Waals surface area contributed by atoms with Crippen molar-refractivity contribution in [1.82, 2.24) is 22.8 Å². The predicted octanol–water partition coefficient (Wildman–Crippen LogP) is 20.5. The molecule has 5 heteroatoms. The molecule has 5 heterocycles. The molecule has 0 aliphatic carbocycles. The molecule has 386 valence electrons. The Balaban J connectivity index is 0.974. The third kappa shape index (κ3) is 6.53. The van der Waals surface area contributed by atoms with Crippen molar-refractivity contribution < 1.29 is 0 Å². The van der Waals surface area contributed by atoms with Crippen molar-refractivity contribution in [3.8, 4) is 50.7 Å². The second-order valence-corrected chi connectivity index (χ2v) is 22.0. The van der Waals surface area contributed by atoms with Gasteiger partial charge in [-0.1, -0.05) is 206 Å². The molecule has 13 aromatic carbocycles. The van der Waals surface area contributed by atoms with E-state index in [0.29, 0.717) is 0 Å². The Morgan fingerprint density at radius 2 is 0.434 bits per heavy atom. The molecule has 5 aromatic heterocycles. The lowest BCUT2D eigenvalue weighted by molar-refractivity contribution is 1.13. The van der Waals surface area contributed by atoms with E-state index in [0.717, 1.165) is 72.8 Å². The smallest absolute Gasteiger partial charge is 0.0620 e. The fraction of sp³-hybridized carbons (Fsp3) is 0. The van der Waals surface area contributed by atoms with Gasteiger partial charge < -0.3 is 22.8 Å². The molecule has 0 bridgehead atoms. The Morgan fingerprint density at radius 3 is 0.855 bits per heavy atom. The summed E-state index contributed by atoms with van der Waals surface area (Å²) in [6.07, 6.45) is 0. The first-order chi connectivity index (χ1) is 41.2. The average Bonchev–Trinajstić information content (AvgIpc) is 3.71. The molecule has 0 saturated heterocycles.